The van der Waals surface area contributed by atoms with Crippen LogP contribution in [0.3, 0.4) is 0 Å². The Morgan fingerprint density at radius 1 is 0.646 bits per heavy atom. The van der Waals surface area contributed by atoms with Crippen LogP contribution in [-0.2, 0) is 28.7 Å². The van der Waals surface area contributed by atoms with E-state index in [1.165, 1.54) is 6.07 Å². The topological polar surface area (TPSA) is 300 Å². The first-order chi connectivity index (χ1) is 22.5. The number of nitrogen functional groups attached to an aromatic ring is 1. The molecule has 0 amide bonds. The third kappa shape index (κ3) is 9.11. The number of para-hydroxylation sites is 1. The number of aliphatic hydroxyl groups is 7. The molecule has 0 bridgehead atoms. The highest BCUT2D eigenvalue weighted by atomic mass is 16.6. The summed E-state index contributed by atoms with van der Waals surface area (Å²) in [4.78, 5) is 73.0. The monoisotopic (exact) mass is 679 g/mol. The lowest BCUT2D eigenvalue weighted by Crippen LogP contribution is -2.76. The Bertz CT molecular complexity index is 1320. The second-order valence-electron chi connectivity index (χ2n) is 9.71. The molecule has 1 rings (SSSR count). The van der Waals surface area contributed by atoms with Gasteiger partial charge in [-0.25, -0.2) is 9.59 Å². The Kier molecular flexibility index (Phi) is 19.1. The highest BCUT2D eigenvalue weighted by Crippen LogP contribution is 2.47. The molecule has 264 valence electrons. The lowest BCUT2D eigenvalue weighted by molar-refractivity contribution is -0.222. The van der Waals surface area contributed by atoms with Crippen molar-refractivity contribution in [3.05, 3.63) is 93.1 Å². The number of aromatic carboxylic acids is 1. The molecule has 0 aliphatic rings. The van der Waals surface area contributed by atoms with Gasteiger partial charge in [0.2, 0.25) is 22.8 Å². The van der Waals surface area contributed by atoms with Gasteiger partial charge >= 0.3 is 11.9 Å². The SMILES string of the molecule is C=CC(=O)OC(C(=O)C=C)(C(=O)C=C)C(CO)(CO)C(O)(C(=O)C=C)C(=O)C=C.Nc1ccccc1C(=O)O.OCC(CO)(CO)CO. The molecule has 16 nitrogen and oxygen atoms in total. The molecule has 0 saturated carbocycles. The van der Waals surface area contributed by atoms with E-state index in [0.717, 1.165) is 0 Å². The normalized spacial score (nSPS) is 11.1. The van der Waals surface area contributed by atoms with Crippen LogP contribution in [-0.4, -0.2) is 127 Å². The molecule has 0 spiro atoms. The van der Waals surface area contributed by atoms with Crippen molar-refractivity contribution in [2.24, 2.45) is 10.8 Å². The predicted octanol–water partition coefficient (Wildman–Crippen LogP) is -1.91. The minimum Gasteiger partial charge on any atom is -0.478 e. The number of rotatable bonds is 19. The van der Waals surface area contributed by atoms with Gasteiger partial charge in [-0.1, -0.05) is 45.0 Å². The Morgan fingerprint density at radius 2 is 1.02 bits per heavy atom. The second-order valence-corrected chi connectivity index (χ2v) is 9.71. The number of hydrogen-bond acceptors (Lipinski definition) is 15. The summed E-state index contributed by atoms with van der Waals surface area (Å²) in [6.45, 7) is 10.9. The molecule has 48 heavy (non-hydrogen) atoms. The average Bonchev–Trinajstić information content (AvgIpc) is 3.11. The van der Waals surface area contributed by atoms with Crippen molar-refractivity contribution in [2.45, 2.75) is 11.2 Å². The molecule has 0 aromatic heterocycles. The molecular formula is C32H41NO15. The van der Waals surface area contributed by atoms with E-state index in [2.05, 4.69) is 32.9 Å². The van der Waals surface area contributed by atoms with E-state index in [1.54, 1.807) is 18.2 Å². The third-order valence-corrected chi connectivity index (χ3v) is 7.01. The molecule has 16 heteroatoms. The highest BCUT2D eigenvalue weighted by Gasteiger charge is 2.74. The van der Waals surface area contributed by atoms with Crippen molar-refractivity contribution < 1.29 is 74.4 Å². The maximum atomic E-state index is 12.8. The van der Waals surface area contributed by atoms with Crippen LogP contribution < -0.4 is 5.73 Å². The number of anilines is 1. The second kappa shape index (κ2) is 20.3. The molecule has 0 saturated heterocycles. The molecule has 0 aliphatic heterocycles. The van der Waals surface area contributed by atoms with Gasteiger partial charge in [0.15, 0.2) is 11.6 Å². The standard InChI is InChI=1S/C20H22O9.C7H7NO2.C5H12O4/c1-6-13(23)19(28,14(24)7-2)18(11-21,12-22)20(15(25)8-3,16(26)9-4)29-17(27)10-5;8-6-4-2-1-3-5(6)7(9)10;6-1-5(2-7,3-8)4-9/h6-10,21-22,28H,1-5,11-12H2;1-4H,8H2,(H,9,10);6-9H,1-4H2. The Labute approximate surface area is 275 Å². The van der Waals surface area contributed by atoms with Crippen LogP contribution >= 0.6 is 0 Å². The zero-order valence-corrected chi connectivity index (χ0v) is 26.0. The number of nitrogens with two attached hydrogens (primary N) is 1. The van der Waals surface area contributed by atoms with Gasteiger partial charge < -0.3 is 51.3 Å². The summed E-state index contributed by atoms with van der Waals surface area (Å²) < 4.78 is 4.92. The van der Waals surface area contributed by atoms with Crippen LogP contribution in [0.15, 0.2) is 87.5 Å². The fourth-order valence-corrected chi connectivity index (χ4v) is 3.91. The van der Waals surface area contributed by atoms with Gasteiger partial charge in [0, 0.05) is 11.8 Å². The molecule has 1 aromatic rings. The summed E-state index contributed by atoms with van der Waals surface area (Å²) >= 11 is 0. The van der Waals surface area contributed by atoms with Crippen LogP contribution in [0.5, 0.6) is 0 Å². The Balaban J connectivity index is 0. The lowest BCUT2D eigenvalue weighted by atomic mass is 9.56. The van der Waals surface area contributed by atoms with E-state index in [-0.39, 0.29) is 5.56 Å². The molecule has 0 heterocycles. The predicted molar refractivity (Wildman–Crippen MR) is 170 cm³/mol. The first kappa shape index (κ1) is 45.2. The summed E-state index contributed by atoms with van der Waals surface area (Å²) in [6, 6.07) is 6.36. The number of aliphatic hydroxyl groups excluding tert-OH is 6. The molecule has 0 atom stereocenters. The van der Waals surface area contributed by atoms with E-state index in [9.17, 15) is 44.1 Å². The number of carboxylic acids is 1. The van der Waals surface area contributed by atoms with Crippen LogP contribution in [0.1, 0.15) is 10.4 Å². The van der Waals surface area contributed by atoms with Crippen molar-refractivity contribution >= 4 is 40.8 Å². The van der Waals surface area contributed by atoms with Crippen LogP contribution in [0.2, 0.25) is 0 Å². The first-order valence-corrected chi connectivity index (χ1v) is 13.4. The zero-order chi connectivity index (χ0) is 37.9. The van der Waals surface area contributed by atoms with E-state index in [4.69, 9.17) is 36.0 Å². The van der Waals surface area contributed by atoms with E-state index in [0.29, 0.717) is 36.1 Å². The fourth-order valence-electron chi connectivity index (χ4n) is 3.91. The van der Waals surface area contributed by atoms with Crippen LogP contribution in [0.4, 0.5) is 5.69 Å². The summed E-state index contributed by atoms with van der Waals surface area (Å²) in [5.41, 5.74) is -5.27. The number of carboxylic acid groups (broad SMARTS) is 1. The molecule has 1 aromatic carbocycles. The number of ether oxygens (including phenoxy) is 1. The van der Waals surface area contributed by atoms with Crippen molar-refractivity contribution in [3.8, 4) is 0 Å². The maximum absolute atomic E-state index is 12.8. The van der Waals surface area contributed by atoms with Crippen molar-refractivity contribution in [1.82, 2.24) is 0 Å². The van der Waals surface area contributed by atoms with E-state index in [1.807, 2.05) is 0 Å². The number of carbonyl (C=O) groups excluding carboxylic acids is 5. The highest BCUT2D eigenvalue weighted by molar-refractivity contribution is 6.25. The molecule has 10 N–H and O–H groups in total. The van der Waals surface area contributed by atoms with Gasteiger partial charge in [-0.15, -0.1) is 0 Å². The number of carbonyl (C=O) groups is 6. The van der Waals surface area contributed by atoms with Crippen LogP contribution in [0, 0.1) is 10.8 Å². The Morgan fingerprint density at radius 3 is 1.25 bits per heavy atom. The zero-order valence-electron chi connectivity index (χ0n) is 26.0. The number of ketones is 4. The summed E-state index contributed by atoms with van der Waals surface area (Å²) in [5.74, 6) is -8.36. The quantitative estimate of drug-likeness (QED) is 0.0333. The van der Waals surface area contributed by atoms with Crippen LogP contribution in [0.25, 0.3) is 0 Å². The average molecular weight is 680 g/mol. The molecule has 0 fully saturated rings. The summed E-state index contributed by atoms with van der Waals surface area (Å²) in [7, 11) is 0. The summed E-state index contributed by atoms with van der Waals surface area (Å²) in [5, 5.41) is 73.8. The van der Waals surface area contributed by atoms with Gasteiger partial charge in [-0.05, 0) is 36.4 Å². The van der Waals surface area contributed by atoms with Crippen molar-refractivity contribution in [2.75, 3.05) is 45.4 Å². The summed E-state index contributed by atoms with van der Waals surface area (Å²) in [6.07, 6.45) is 2.41. The minimum atomic E-state index is -3.50. The van der Waals surface area contributed by atoms with Gasteiger partial charge in [0.05, 0.1) is 50.6 Å². The van der Waals surface area contributed by atoms with Crippen molar-refractivity contribution in [1.29, 1.82) is 0 Å². The molecular weight excluding hydrogens is 638 g/mol. The number of hydrogen-bond donors (Lipinski definition) is 9. The minimum absolute atomic E-state index is 0.155. The molecule has 0 aliphatic carbocycles. The smallest absolute Gasteiger partial charge is 0.337 e. The molecule has 0 radical (unpaired) electrons. The number of esters is 1. The van der Waals surface area contributed by atoms with Gasteiger partial charge in [-0.2, -0.15) is 0 Å². The number of benzene rings is 1. The maximum Gasteiger partial charge on any atom is 0.337 e. The Hall–Kier alpha value is -4.94. The van der Waals surface area contributed by atoms with E-state index >= 15 is 0 Å². The fraction of sp³-hybridized carbons (Fsp3) is 0.312. The first-order valence-electron chi connectivity index (χ1n) is 13.4. The van der Waals surface area contributed by atoms with Gasteiger partial charge in [0.25, 0.3) is 0 Å². The van der Waals surface area contributed by atoms with Crippen molar-refractivity contribution in [3.63, 3.8) is 0 Å². The van der Waals surface area contributed by atoms with Gasteiger partial charge in [-0.3, -0.25) is 19.2 Å². The third-order valence-electron chi connectivity index (χ3n) is 7.01. The van der Waals surface area contributed by atoms with E-state index < -0.39 is 96.7 Å². The van der Waals surface area contributed by atoms with Gasteiger partial charge in [0.1, 0.15) is 5.41 Å². The largest absolute Gasteiger partial charge is 0.478 e. The lowest BCUT2D eigenvalue weighted by Gasteiger charge is -2.50. The molecule has 0 unspecified atom stereocenters.